The molecule has 0 fully saturated rings. The first-order chi connectivity index (χ1) is 23.0. The fraction of sp³-hybridized carbons (Fsp3) is 0.244. The molecule has 0 spiro atoms. The minimum atomic E-state index is -1.86. The zero-order valence-electron chi connectivity index (χ0n) is 30.0. The van der Waals surface area contributed by atoms with Crippen LogP contribution in [-0.2, 0) is 26.5 Å². The summed E-state index contributed by atoms with van der Waals surface area (Å²) in [7, 11) is 0. The van der Waals surface area contributed by atoms with Crippen LogP contribution in [0, 0.1) is 25.0 Å². The van der Waals surface area contributed by atoms with Crippen molar-refractivity contribution in [1.29, 1.82) is 0 Å². The van der Waals surface area contributed by atoms with E-state index in [4.69, 9.17) is 9.97 Å². The van der Waals surface area contributed by atoms with Gasteiger partial charge in [-0.15, -0.1) is 23.8 Å². The Morgan fingerprint density at radius 2 is 1.20 bits per heavy atom. The summed E-state index contributed by atoms with van der Waals surface area (Å²) in [5.41, 5.74) is 8.28. The van der Waals surface area contributed by atoms with Gasteiger partial charge in [-0.05, 0) is 45.8 Å². The Labute approximate surface area is 309 Å². The topological polar surface area (TPSA) is 25.8 Å². The van der Waals surface area contributed by atoms with Gasteiger partial charge < -0.3 is 4.98 Å². The van der Waals surface area contributed by atoms with Gasteiger partial charge in [0.05, 0.1) is 0 Å². The first-order valence-electron chi connectivity index (χ1n) is 17.2. The summed E-state index contributed by atoms with van der Waals surface area (Å²) in [4.78, 5) is 9.41. The van der Waals surface area contributed by atoms with Crippen molar-refractivity contribution in [3.05, 3.63) is 138 Å². The molecule has 7 rings (SSSR count). The Kier molecular flexibility index (Phi) is 11.6. The summed E-state index contributed by atoms with van der Waals surface area (Å²) in [6, 6.07) is 41.1. The Bertz CT molecular complexity index is 2180. The second-order valence-corrected chi connectivity index (χ2v) is 25.3. The summed E-state index contributed by atoms with van der Waals surface area (Å²) in [6.07, 6.45) is 5.26. The van der Waals surface area contributed by atoms with Crippen molar-refractivity contribution in [2.24, 2.45) is 5.92 Å². The third-order valence-electron chi connectivity index (χ3n) is 9.13. The molecule has 1 radical (unpaired) electrons. The molecule has 0 N–H and O–H groups in total. The van der Waals surface area contributed by atoms with E-state index in [9.17, 15) is 0 Å². The summed E-state index contributed by atoms with van der Waals surface area (Å²) in [6.45, 7) is 11.2. The van der Waals surface area contributed by atoms with Gasteiger partial charge in [-0.2, -0.15) is 0 Å². The molecule has 0 aliphatic heterocycles. The quantitative estimate of drug-likeness (QED) is 0.0945. The molecular weight excluding hydrogens is 833 g/mol. The molecule has 251 valence electrons. The Morgan fingerprint density at radius 3 is 1.78 bits per heavy atom. The maximum atomic E-state index is 4.71. The molecule has 0 saturated carbocycles. The minimum Gasteiger partial charge on any atom is -0.304 e. The monoisotopic (exact) mass is 881 g/mol. The average Bonchev–Trinajstić information content (AvgIpc) is 3.08. The predicted octanol–water partition coefficient (Wildman–Crippen LogP) is 11.7. The molecule has 0 aliphatic rings. The van der Waals surface area contributed by atoms with Crippen molar-refractivity contribution < 1.29 is 20.1 Å². The smallest absolute Gasteiger partial charge is 0.0192 e. The molecule has 2 nitrogen and oxygen atoms in total. The standard InChI is InChI=1S/C27H22N.C18H24GeN.Ir/c1-17(2)25-15-27(28-16-18(25)3)19-12-13-24-22-10-5-4-8-20(22)21-9-6-7-11-23(21)26(24)14-19;1-14(2)11-16-12-18(15-9-7-6-8-10-15)20-13-17(16)19(3,4)5;/h4-11,13-17H,1-3H3;6-9,12-14H,11H2,1-5H3;/q2*-1;. The van der Waals surface area contributed by atoms with Gasteiger partial charge in [-0.25, -0.2) is 0 Å². The van der Waals surface area contributed by atoms with Crippen molar-refractivity contribution in [3.63, 3.8) is 0 Å². The summed E-state index contributed by atoms with van der Waals surface area (Å²) < 4.78 is 1.54. The first-order valence-corrected chi connectivity index (χ1v) is 24.5. The second-order valence-electron chi connectivity index (χ2n) is 14.7. The first kappa shape index (κ1) is 36.6. The number of rotatable bonds is 6. The molecule has 0 atom stereocenters. The van der Waals surface area contributed by atoms with Gasteiger partial charge in [0.15, 0.2) is 0 Å². The number of fused-ring (bicyclic) bond motifs is 6. The van der Waals surface area contributed by atoms with E-state index in [-0.39, 0.29) is 20.1 Å². The SMILES string of the molecule is CC(C)Cc1cc(-c2[c-]cccc2)nc[c]1[Ge]([CH3])([CH3])[CH3].Cc1cnc(-c2[c-]cc3c4ccccc4c4ccccc4c3c2)cc1C(C)C.[Ir]. The number of nitrogens with zero attached hydrogens (tertiary/aromatic N) is 2. The molecule has 0 amide bonds. The van der Waals surface area contributed by atoms with Crippen LogP contribution in [0.4, 0.5) is 0 Å². The van der Waals surface area contributed by atoms with Crippen LogP contribution in [0.5, 0.6) is 0 Å². The van der Waals surface area contributed by atoms with E-state index < -0.39 is 13.3 Å². The molecule has 0 aliphatic carbocycles. The van der Waals surface area contributed by atoms with Crippen LogP contribution >= 0.6 is 0 Å². The van der Waals surface area contributed by atoms with E-state index in [0.717, 1.165) is 28.9 Å². The molecule has 5 aromatic carbocycles. The number of aromatic nitrogens is 2. The number of pyridine rings is 2. The Hall–Kier alpha value is -3.63. The van der Waals surface area contributed by atoms with E-state index in [1.807, 2.05) is 24.4 Å². The molecule has 0 unspecified atom stereocenters. The number of aryl methyl sites for hydroxylation is 1. The number of hydrogen-bond donors (Lipinski definition) is 0. The van der Waals surface area contributed by atoms with Crippen LogP contribution in [0.1, 0.15) is 50.3 Å². The molecule has 0 saturated heterocycles. The Morgan fingerprint density at radius 1 is 0.633 bits per heavy atom. The van der Waals surface area contributed by atoms with Crippen LogP contribution in [0.3, 0.4) is 0 Å². The van der Waals surface area contributed by atoms with Gasteiger partial charge in [0.25, 0.3) is 0 Å². The van der Waals surface area contributed by atoms with Crippen LogP contribution in [0.15, 0.2) is 109 Å². The molecule has 7 aromatic rings. The number of benzene rings is 5. The van der Waals surface area contributed by atoms with E-state index in [2.05, 4.69) is 149 Å². The van der Waals surface area contributed by atoms with E-state index in [1.54, 1.807) is 4.40 Å². The van der Waals surface area contributed by atoms with Crippen LogP contribution in [-0.4, -0.2) is 23.2 Å². The van der Waals surface area contributed by atoms with Gasteiger partial charge in [0.2, 0.25) is 0 Å². The van der Waals surface area contributed by atoms with Crippen molar-refractivity contribution in [2.75, 3.05) is 0 Å². The second kappa shape index (κ2) is 15.5. The molecule has 49 heavy (non-hydrogen) atoms. The van der Waals surface area contributed by atoms with Gasteiger partial charge in [0, 0.05) is 26.3 Å². The zero-order chi connectivity index (χ0) is 34.0. The third-order valence-corrected chi connectivity index (χ3v) is 13.5. The van der Waals surface area contributed by atoms with Crippen molar-refractivity contribution >= 4 is 50.0 Å². The molecule has 2 aromatic heterocycles. The summed E-state index contributed by atoms with van der Waals surface area (Å²) in [5, 5.41) is 7.65. The van der Waals surface area contributed by atoms with Crippen molar-refractivity contribution in [3.8, 4) is 22.5 Å². The molecule has 0 bridgehead atoms. The van der Waals surface area contributed by atoms with E-state index in [1.165, 1.54) is 49.0 Å². The third kappa shape index (κ3) is 8.07. The van der Waals surface area contributed by atoms with Crippen LogP contribution in [0.2, 0.25) is 17.3 Å². The maximum Gasteiger partial charge on any atom is 0.0192 e. The number of hydrogen-bond acceptors (Lipinski definition) is 2. The average molecular weight is 880 g/mol. The zero-order valence-corrected chi connectivity index (χ0v) is 34.5. The predicted molar refractivity (Wildman–Crippen MR) is 210 cm³/mol. The van der Waals surface area contributed by atoms with Crippen LogP contribution in [0.25, 0.3) is 54.8 Å². The summed E-state index contributed by atoms with van der Waals surface area (Å²) >= 11 is -1.86. The van der Waals surface area contributed by atoms with Gasteiger partial charge in [0.1, 0.15) is 0 Å². The summed E-state index contributed by atoms with van der Waals surface area (Å²) in [5.74, 6) is 8.47. The molecular formula is C45H46GeIrN2-2. The Balaban J connectivity index is 0.000000199. The minimum absolute atomic E-state index is 0. The van der Waals surface area contributed by atoms with Gasteiger partial charge >= 0.3 is 126 Å². The van der Waals surface area contributed by atoms with E-state index in [0.29, 0.717) is 11.8 Å². The van der Waals surface area contributed by atoms with Crippen molar-refractivity contribution in [1.82, 2.24) is 9.97 Å². The molecule has 4 heteroatoms. The fourth-order valence-electron chi connectivity index (χ4n) is 6.78. The normalized spacial score (nSPS) is 11.6. The van der Waals surface area contributed by atoms with E-state index >= 15 is 0 Å². The van der Waals surface area contributed by atoms with Gasteiger partial charge in [-0.3, -0.25) is 0 Å². The molecule has 2 heterocycles. The van der Waals surface area contributed by atoms with Crippen LogP contribution < -0.4 is 4.40 Å². The van der Waals surface area contributed by atoms with Gasteiger partial charge in [-0.1, -0.05) is 84.6 Å². The fourth-order valence-corrected chi connectivity index (χ4v) is 10.1. The maximum absolute atomic E-state index is 4.71. The van der Waals surface area contributed by atoms with Crippen molar-refractivity contribution in [2.45, 2.75) is 64.2 Å². The largest absolute Gasteiger partial charge is 0.304 e.